The van der Waals surface area contributed by atoms with E-state index in [1.54, 1.807) is 0 Å². The predicted octanol–water partition coefficient (Wildman–Crippen LogP) is 9.83. The summed E-state index contributed by atoms with van der Waals surface area (Å²) in [5.41, 5.74) is 6.56. The number of carbonyl (C=O) groups excluding carboxylic acids is 2. The van der Waals surface area contributed by atoms with E-state index in [0.717, 1.165) is 87.3 Å². The lowest BCUT2D eigenvalue weighted by Gasteiger charge is -2.29. The summed E-state index contributed by atoms with van der Waals surface area (Å²) in [6, 6.07) is 31.6. The van der Waals surface area contributed by atoms with Crippen molar-refractivity contribution in [2.75, 3.05) is 0 Å². The molecule has 2 aliphatic heterocycles. The molecule has 55 heavy (non-hydrogen) atoms. The molecule has 10 nitrogen and oxygen atoms in total. The molecule has 6 atom stereocenters. The number of nitrogens with one attached hydrogen (secondary N) is 2. The molecular formula is C45H44N6O4. The van der Waals surface area contributed by atoms with Crippen LogP contribution in [0.15, 0.2) is 103 Å². The molecule has 2 aromatic heterocycles. The Morgan fingerprint density at radius 1 is 0.727 bits per heavy atom. The lowest BCUT2D eigenvalue weighted by molar-refractivity contribution is 0.0175. The molecule has 0 radical (unpaired) electrons. The molecule has 4 heterocycles. The first-order chi connectivity index (χ1) is 26.6. The SMILES string of the molecule is CC(C)(C)OC(=O)N1[C@@H]2C[C@@H]2C[C@H]1c1nc(-c2ccc3cc(-c4ccc(-c5cnc([C@@H]6C[C@H]7C[C@H]7N6C(=O)OCc6ccccc6)[nH]5)cc4)ccc3c2)c[nH]1. The largest absolute Gasteiger partial charge is 0.445 e. The molecule has 2 saturated carbocycles. The third-order valence-electron chi connectivity index (χ3n) is 11.7. The van der Waals surface area contributed by atoms with Gasteiger partial charge in [0.05, 0.1) is 29.7 Å². The van der Waals surface area contributed by atoms with Crippen LogP contribution in [0.2, 0.25) is 0 Å². The molecule has 10 rings (SSSR count). The van der Waals surface area contributed by atoms with Crippen molar-refractivity contribution in [3.63, 3.8) is 0 Å². The number of hydrogen-bond acceptors (Lipinski definition) is 6. The van der Waals surface area contributed by atoms with Crippen LogP contribution >= 0.6 is 0 Å². The van der Waals surface area contributed by atoms with E-state index in [4.69, 9.17) is 19.4 Å². The molecule has 6 aromatic rings. The topological polar surface area (TPSA) is 116 Å². The number of amides is 2. The maximum Gasteiger partial charge on any atom is 0.411 e. The second-order valence-electron chi connectivity index (χ2n) is 16.7. The van der Waals surface area contributed by atoms with E-state index in [2.05, 4.69) is 70.6 Å². The van der Waals surface area contributed by atoms with Crippen LogP contribution in [0.5, 0.6) is 0 Å². The van der Waals surface area contributed by atoms with Crippen LogP contribution in [0.25, 0.3) is 44.4 Å². The highest BCUT2D eigenvalue weighted by Gasteiger charge is 2.57. The second kappa shape index (κ2) is 12.9. The highest BCUT2D eigenvalue weighted by Crippen LogP contribution is 2.54. The fraction of sp³-hybridized carbons (Fsp3) is 0.333. The number of aromatic nitrogens is 4. The minimum atomic E-state index is -0.537. The number of benzene rings is 4. The molecule has 10 heteroatoms. The molecule has 2 aliphatic carbocycles. The molecule has 0 spiro atoms. The number of ether oxygens (including phenoxy) is 2. The quantitative estimate of drug-likeness (QED) is 0.169. The van der Waals surface area contributed by atoms with Gasteiger partial charge in [0.25, 0.3) is 0 Å². The minimum Gasteiger partial charge on any atom is -0.445 e. The summed E-state index contributed by atoms with van der Waals surface area (Å²) in [5, 5.41) is 2.28. The Bertz CT molecular complexity index is 2410. The average molecular weight is 733 g/mol. The Hall–Kier alpha value is -5.90. The monoisotopic (exact) mass is 732 g/mol. The van der Waals surface area contributed by atoms with Crippen molar-refractivity contribution in [2.24, 2.45) is 11.8 Å². The van der Waals surface area contributed by atoms with Crippen LogP contribution in [0.1, 0.15) is 75.8 Å². The smallest absolute Gasteiger partial charge is 0.411 e. The number of aromatic amines is 2. The fourth-order valence-corrected chi connectivity index (χ4v) is 8.77. The number of piperidine rings is 2. The zero-order valence-corrected chi connectivity index (χ0v) is 31.2. The average Bonchev–Trinajstić information content (AvgIpc) is 3.77. The minimum absolute atomic E-state index is 0.0960. The Morgan fingerprint density at radius 3 is 2.05 bits per heavy atom. The van der Waals surface area contributed by atoms with Crippen LogP contribution in [-0.4, -0.2) is 59.6 Å². The van der Waals surface area contributed by atoms with Gasteiger partial charge in [0, 0.05) is 23.8 Å². The van der Waals surface area contributed by atoms with Crippen molar-refractivity contribution in [1.82, 2.24) is 29.7 Å². The van der Waals surface area contributed by atoms with Gasteiger partial charge in [-0.3, -0.25) is 9.80 Å². The van der Waals surface area contributed by atoms with Gasteiger partial charge in [-0.25, -0.2) is 19.6 Å². The highest BCUT2D eigenvalue weighted by molar-refractivity contribution is 5.90. The van der Waals surface area contributed by atoms with Crippen LogP contribution in [0.3, 0.4) is 0 Å². The number of hydrogen-bond donors (Lipinski definition) is 2. The van der Waals surface area contributed by atoms with E-state index >= 15 is 0 Å². The first-order valence-electron chi connectivity index (χ1n) is 19.4. The fourth-order valence-electron chi connectivity index (χ4n) is 8.77. The summed E-state index contributed by atoms with van der Waals surface area (Å²) in [6.07, 6.45) is 7.17. The van der Waals surface area contributed by atoms with Crippen LogP contribution in [0, 0.1) is 11.8 Å². The summed E-state index contributed by atoms with van der Waals surface area (Å²) >= 11 is 0. The zero-order chi connectivity index (χ0) is 37.4. The van der Waals surface area contributed by atoms with Crippen molar-refractivity contribution in [3.8, 4) is 33.6 Å². The molecule has 2 amide bonds. The molecule has 278 valence electrons. The van der Waals surface area contributed by atoms with Gasteiger partial charge in [-0.15, -0.1) is 0 Å². The molecule has 4 aliphatic rings. The van der Waals surface area contributed by atoms with Crippen molar-refractivity contribution < 1.29 is 19.1 Å². The summed E-state index contributed by atoms with van der Waals surface area (Å²) in [5.74, 6) is 2.66. The van der Waals surface area contributed by atoms with Gasteiger partial charge in [-0.1, -0.05) is 78.9 Å². The maximum absolute atomic E-state index is 13.2. The Kier molecular flexibility index (Phi) is 7.87. The maximum atomic E-state index is 13.2. The van der Waals surface area contributed by atoms with Crippen molar-refractivity contribution in [2.45, 2.75) is 82.8 Å². The van der Waals surface area contributed by atoms with Gasteiger partial charge < -0.3 is 19.4 Å². The van der Waals surface area contributed by atoms with E-state index in [1.165, 1.54) is 0 Å². The molecular weight excluding hydrogens is 689 g/mol. The number of carbonyl (C=O) groups is 2. The lowest BCUT2D eigenvalue weighted by Crippen LogP contribution is -2.38. The number of likely N-dealkylation sites (tertiary alicyclic amines) is 2. The van der Waals surface area contributed by atoms with Gasteiger partial charge in [-0.05, 0) is 103 Å². The van der Waals surface area contributed by atoms with Crippen molar-refractivity contribution >= 4 is 23.0 Å². The van der Waals surface area contributed by atoms with Gasteiger partial charge >= 0.3 is 12.2 Å². The van der Waals surface area contributed by atoms with E-state index in [0.29, 0.717) is 11.8 Å². The number of H-pyrrole nitrogens is 2. The Morgan fingerprint density at radius 2 is 1.35 bits per heavy atom. The highest BCUT2D eigenvalue weighted by atomic mass is 16.6. The summed E-state index contributed by atoms with van der Waals surface area (Å²) < 4.78 is 11.5. The first-order valence-corrected chi connectivity index (χ1v) is 19.4. The molecule has 0 bridgehead atoms. The standard InChI is InChI=1S/C45H44N6O4/c1-45(2,3)55-44(53)51-38-20-34(38)22-40(51)42-47-24-36(49-42)32-16-15-30-17-29(13-14-31(30)18-32)27-9-11-28(12-10-27)35-23-46-41(48-35)39-21-33-19-37(33)50(39)43(52)54-25-26-7-5-4-6-8-26/h4-18,23-24,33-34,37-40H,19-22,25H2,1-3H3,(H,46,48)(H,47,49)/t33-,34-,37-,38-,39+,40+/m1/s1. The predicted molar refractivity (Wildman–Crippen MR) is 210 cm³/mol. The summed E-state index contributed by atoms with van der Waals surface area (Å²) in [4.78, 5) is 46.7. The van der Waals surface area contributed by atoms with Crippen LogP contribution in [0.4, 0.5) is 9.59 Å². The van der Waals surface area contributed by atoms with E-state index in [1.807, 2.05) is 73.3 Å². The second-order valence-corrected chi connectivity index (χ2v) is 16.7. The molecule has 2 saturated heterocycles. The zero-order valence-electron chi connectivity index (χ0n) is 31.2. The molecule has 0 unspecified atom stereocenters. The Balaban J connectivity index is 0.814. The lowest BCUT2D eigenvalue weighted by atomic mass is 9.98. The summed E-state index contributed by atoms with van der Waals surface area (Å²) in [7, 11) is 0. The van der Waals surface area contributed by atoms with Gasteiger partial charge in [0.1, 0.15) is 23.9 Å². The third-order valence-corrected chi connectivity index (χ3v) is 11.7. The molecule has 4 fully saturated rings. The Labute approximate surface area is 319 Å². The van der Waals surface area contributed by atoms with Crippen molar-refractivity contribution in [1.29, 1.82) is 0 Å². The van der Waals surface area contributed by atoms with E-state index in [-0.39, 0.29) is 43.0 Å². The third kappa shape index (κ3) is 6.43. The van der Waals surface area contributed by atoms with Gasteiger partial charge in [0.2, 0.25) is 0 Å². The van der Waals surface area contributed by atoms with Gasteiger partial charge in [0.15, 0.2) is 0 Å². The number of nitrogens with zero attached hydrogens (tertiary/aromatic N) is 4. The van der Waals surface area contributed by atoms with Gasteiger partial charge in [-0.2, -0.15) is 0 Å². The van der Waals surface area contributed by atoms with Crippen LogP contribution < -0.4 is 0 Å². The normalized spacial score (nSPS) is 23.8. The first kappa shape index (κ1) is 33.7. The number of imidazole rings is 2. The number of rotatable bonds is 7. The molecule has 4 aromatic carbocycles. The van der Waals surface area contributed by atoms with Crippen molar-refractivity contribution in [3.05, 3.63) is 121 Å². The van der Waals surface area contributed by atoms with E-state index in [9.17, 15) is 9.59 Å². The summed E-state index contributed by atoms with van der Waals surface area (Å²) in [6.45, 7) is 5.98. The van der Waals surface area contributed by atoms with E-state index < -0.39 is 5.60 Å². The van der Waals surface area contributed by atoms with Crippen LogP contribution in [-0.2, 0) is 16.1 Å². The number of fused-ring (bicyclic) bond motifs is 3. The molecule has 2 N–H and O–H groups in total.